The molecule has 0 nitrogen and oxygen atoms in total. The number of hydrogen-bond acceptors (Lipinski definition) is 0. The fourth-order valence-electron chi connectivity index (χ4n) is 0.642. The summed E-state index contributed by atoms with van der Waals surface area (Å²) in [6.07, 6.45) is 0. The van der Waals surface area contributed by atoms with Crippen LogP contribution in [-0.2, 0) is 17.1 Å². The maximum absolute atomic E-state index is 2.08. The van der Waals surface area contributed by atoms with Gasteiger partial charge in [0.2, 0.25) is 0 Å². The molecule has 0 aliphatic carbocycles. The molecule has 15 heavy (non-hydrogen) atoms. The molecule has 0 saturated carbocycles. The quantitative estimate of drug-likeness (QED) is 0.474. The smallest absolute Gasteiger partial charge is 0.323 e. The summed E-state index contributed by atoms with van der Waals surface area (Å²) < 4.78 is 0. The Morgan fingerprint density at radius 2 is 0.867 bits per heavy atom. The van der Waals surface area contributed by atoms with E-state index in [1.165, 1.54) is 5.92 Å². The maximum atomic E-state index is 2.08. The molecule has 0 N–H and O–H groups in total. The minimum atomic E-state index is 0. The van der Waals surface area contributed by atoms with E-state index in [2.05, 4.69) is 20.8 Å². The van der Waals surface area contributed by atoms with E-state index in [4.69, 9.17) is 0 Å². The molecule has 0 atom stereocenters. The molecule has 0 aliphatic rings. The first-order valence-electron chi connectivity index (χ1n) is 4.83. The molecule has 1 radical (unpaired) electrons. The van der Waals surface area contributed by atoms with Crippen LogP contribution in [0.25, 0.3) is 0 Å². The molecule has 83 valence electrons. The van der Waals surface area contributed by atoms with Crippen molar-refractivity contribution in [2.24, 2.45) is 0 Å². The van der Waals surface area contributed by atoms with Crippen LogP contribution in [0.5, 0.6) is 0 Å². The third-order valence-corrected chi connectivity index (χ3v) is 1.11. The predicted molar refractivity (Wildman–Crippen MR) is 64.3 cm³/mol. The van der Waals surface area contributed by atoms with Crippen molar-refractivity contribution in [2.45, 2.75) is 20.8 Å². The monoisotopic (exact) mass is 243 g/mol. The molecule has 0 fully saturated rings. The van der Waals surface area contributed by atoms with E-state index in [0.29, 0.717) is 0 Å². The van der Waals surface area contributed by atoms with Crippen LogP contribution in [0.3, 0.4) is 0 Å². The Hall–Kier alpha value is -0.781. The van der Waals surface area contributed by atoms with Gasteiger partial charge >= 0.3 is 17.1 Å². The molecule has 0 aromatic heterocycles. The van der Waals surface area contributed by atoms with E-state index in [1.807, 2.05) is 60.7 Å². The molecule has 2 aromatic rings. The van der Waals surface area contributed by atoms with Gasteiger partial charge in [0.15, 0.2) is 0 Å². The first-order valence-corrected chi connectivity index (χ1v) is 4.83. The standard InChI is InChI=1S/2C5H5.C4H9.Fe/c2*1-2-4-5-3-1;1-4(2)3;/h2*1-5H;1-3H3;/q3*-1;+3. The van der Waals surface area contributed by atoms with Gasteiger partial charge in [0.05, 0.1) is 0 Å². The Labute approximate surface area is 105 Å². The van der Waals surface area contributed by atoms with E-state index in [0.717, 1.165) is 0 Å². The van der Waals surface area contributed by atoms with Crippen LogP contribution in [0.1, 0.15) is 20.8 Å². The first kappa shape index (κ1) is 16.6. The second kappa shape index (κ2) is 13.2. The molecule has 0 unspecified atom stereocenters. The van der Waals surface area contributed by atoms with Gasteiger partial charge in [0, 0.05) is 0 Å². The third kappa shape index (κ3) is 19.6. The van der Waals surface area contributed by atoms with E-state index < -0.39 is 0 Å². The zero-order chi connectivity index (χ0) is 10.6. The van der Waals surface area contributed by atoms with Gasteiger partial charge in [-0.1, -0.05) is 0 Å². The van der Waals surface area contributed by atoms with E-state index in [-0.39, 0.29) is 17.1 Å². The summed E-state index contributed by atoms with van der Waals surface area (Å²) in [5.74, 6) is 1.42. The van der Waals surface area contributed by atoms with Crippen LogP contribution < -0.4 is 0 Å². The van der Waals surface area contributed by atoms with Crippen molar-refractivity contribution < 1.29 is 17.1 Å². The Bertz CT molecular complexity index is 177. The van der Waals surface area contributed by atoms with Crippen molar-refractivity contribution in [1.29, 1.82) is 0 Å². The summed E-state index contributed by atoms with van der Waals surface area (Å²) in [6.45, 7) is 6.25. The minimum absolute atomic E-state index is 0. The summed E-state index contributed by atoms with van der Waals surface area (Å²) in [5, 5.41) is 0. The van der Waals surface area contributed by atoms with Gasteiger partial charge in [-0.3, -0.25) is 0 Å². The summed E-state index contributed by atoms with van der Waals surface area (Å²) in [5.41, 5.74) is 0. The Morgan fingerprint density at radius 3 is 0.933 bits per heavy atom. The van der Waals surface area contributed by atoms with E-state index in [1.54, 1.807) is 0 Å². The van der Waals surface area contributed by atoms with Crippen molar-refractivity contribution >= 4 is 0 Å². The van der Waals surface area contributed by atoms with Crippen molar-refractivity contribution in [1.82, 2.24) is 0 Å². The minimum Gasteiger partial charge on any atom is -0.323 e. The third-order valence-electron chi connectivity index (χ3n) is 1.11. The maximum Gasteiger partial charge on any atom is 3.00 e. The van der Waals surface area contributed by atoms with Crippen LogP contribution in [0.15, 0.2) is 60.7 Å². The molecule has 2 aromatic carbocycles. The Kier molecular flexibility index (Phi) is 14.7. The molecular weight excluding hydrogens is 224 g/mol. The summed E-state index contributed by atoms with van der Waals surface area (Å²) in [4.78, 5) is 0. The van der Waals surface area contributed by atoms with Gasteiger partial charge in [-0.2, -0.15) is 57.2 Å². The van der Waals surface area contributed by atoms with Gasteiger partial charge < -0.3 is 5.92 Å². The Balaban J connectivity index is 0. The van der Waals surface area contributed by atoms with Crippen molar-refractivity contribution in [2.75, 3.05) is 0 Å². The fraction of sp³-hybridized carbons (Fsp3) is 0.214. The van der Waals surface area contributed by atoms with Crippen LogP contribution in [0, 0.1) is 5.92 Å². The molecule has 0 heterocycles. The molecule has 2 rings (SSSR count). The Morgan fingerprint density at radius 1 is 0.667 bits per heavy atom. The second-order valence-corrected chi connectivity index (χ2v) is 3.42. The second-order valence-electron chi connectivity index (χ2n) is 3.42. The van der Waals surface area contributed by atoms with Crippen molar-refractivity contribution in [3.8, 4) is 0 Å². The summed E-state index contributed by atoms with van der Waals surface area (Å²) in [6, 6.07) is 20.0. The van der Waals surface area contributed by atoms with Crippen molar-refractivity contribution in [3.63, 3.8) is 0 Å². The van der Waals surface area contributed by atoms with Crippen molar-refractivity contribution in [3.05, 3.63) is 66.6 Å². The van der Waals surface area contributed by atoms with Gasteiger partial charge in [-0.05, 0) is 0 Å². The van der Waals surface area contributed by atoms with Gasteiger partial charge in [0.1, 0.15) is 0 Å². The normalized spacial score (nSPS) is 7.73. The average molecular weight is 243 g/mol. The molecule has 0 amide bonds. The van der Waals surface area contributed by atoms with Crippen LogP contribution in [0.4, 0.5) is 0 Å². The molecule has 1 heteroatoms. The first-order chi connectivity index (χ1) is 6.73. The van der Waals surface area contributed by atoms with Gasteiger partial charge in [-0.25, -0.2) is 24.3 Å². The molecular formula is C14H19Fe. The van der Waals surface area contributed by atoms with Crippen LogP contribution >= 0.6 is 0 Å². The topological polar surface area (TPSA) is 0 Å². The summed E-state index contributed by atoms with van der Waals surface area (Å²) in [7, 11) is 0. The zero-order valence-corrected chi connectivity index (χ0v) is 10.7. The molecule has 0 bridgehead atoms. The summed E-state index contributed by atoms with van der Waals surface area (Å²) >= 11 is 0. The number of rotatable bonds is 0. The van der Waals surface area contributed by atoms with Gasteiger partial charge in [-0.15, -0.1) is 0 Å². The molecule has 0 spiro atoms. The zero-order valence-electron chi connectivity index (χ0n) is 9.63. The fourth-order valence-corrected chi connectivity index (χ4v) is 0.642. The van der Waals surface area contributed by atoms with Gasteiger partial charge in [0.25, 0.3) is 0 Å². The largest absolute Gasteiger partial charge is 3.00 e. The predicted octanol–water partition coefficient (Wildman–Crippen LogP) is 4.43. The molecule has 0 aliphatic heterocycles. The van der Waals surface area contributed by atoms with E-state index >= 15 is 0 Å². The van der Waals surface area contributed by atoms with Crippen LogP contribution in [0.2, 0.25) is 0 Å². The van der Waals surface area contributed by atoms with Crippen LogP contribution in [-0.4, -0.2) is 0 Å². The average Bonchev–Trinajstić information content (AvgIpc) is 2.83. The number of hydrogen-bond donors (Lipinski definition) is 0. The SMILES string of the molecule is C[C-](C)C.[Fe+3].c1cc[cH-]c1.c1cc[cH-]c1. The molecule has 0 saturated heterocycles. The van der Waals surface area contributed by atoms with E-state index in [9.17, 15) is 0 Å².